The summed E-state index contributed by atoms with van der Waals surface area (Å²) in [4.78, 5) is 13.4. The van der Waals surface area contributed by atoms with Gasteiger partial charge in [-0.3, -0.25) is 4.79 Å². The van der Waals surface area contributed by atoms with E-state index in [9.17, 15) is 18.0 Å². The van der Waals surface area contributed by atoms with Gasteiger partial charge in [0.05, 0.1) is 12.6 Å². The first-order valence-electron chi connectivity index (χ1n) is 8.70. The van der Waals surface area contributed by atoms with E-state index in [4.69, 9.17) is 0 Å². The Morgan fingerprint density at radius 2 is 1.75 bits per heavy atom. The Morgan fingerprint density at radius 1 is 1.04 bits per heavy atom. The molecule has 146 valence electrons. The van der Waals surface area contributed by atoms with Crippen LogP contribution in [0.25, 0.3) is 0 Å². The van der Waals surface area contributed by atoms with Crippen LogP contribution < -0.4 is 10.6 Å². The summed E-state index contributed by atoms with van der Waals surface area (Å²) in [5, 5.41) is 7.76. The average molecular weight is 404 g/mol. The highest BCUT2D eigenvalue weighted by atomic mass is 32.1. The molecule has 2 aromatic carbocycles. The fourth-order valence-electron chi connectivity index (χ4n) is 2.85. The highest BCUT2D eigenvalue weighted by molar-refractivity contribution is 7.10. The first kappa shape index (κ1) is 20.1. The van der Waals surface area contributed by atoms with Crippen molar-refractivity contribution < 1.29 is 18.0 Å². The van der Waals surface area contributed by atoms with Crippen LogP contribution in [0.3, 0.4) is 0 Å². The number of nitrogens with one attached hydrogen (secondary N) is 2. The maximum absolute atomic E-state index is 13.9. The van der Waals surface area contributed by atoms with Crippen molar-refractivity contribution in [1.82, 2.24) is 10.6 Å². The van der Waals surface area contributed by atoms with Gasteiger partial charge in [0.25, 0.3) is 0 Å². The van der Waals surface area contributed by atoms with Crippen LogP contribution in [-0.2, 0) is 4.79 Å². The molecule has 28 heavy (non-hydrogen) atoms. The molecule has 0 saturated heterocycles. The Hall–Kier alpha value is -2.64. The first-order chi connectivity index (χ1) is 13.4. The van der Waals surface area contributed by atoms with E-state index >= 15 is 0 Å². The fourth-order valence-corrected chi connectivity index (χ4v) is 3.65. The topological polar surface area (TPSA) is 41.1 Å². The molecule has 1 amide bonds. The van der Waals surface area contributed by atoms with Crippen LogP contribution in [0.5, 0.6) is 0 Å². The summed E-state index contributed by atoms with van der Waals surface area (Å²) in [5.41, 5.74) is 1.04. The molecule has 0 aliphatic carbocycles. The summed E-state index contributed by atoms with van der Waals surface area (Å²) in [6.45, 7) is 1.64. The Bertz CT molecular complexity index is 929. The van der Waals surface area contributed by atoms with Crippen LogP contribution >= 0.6 is 11.3 Å². The lowest BCUT2D eigenvalue weighted by molar-refractivity contribution is -0.120. The maximum atomic E-state index is 13.9. The second kappa shape index (κ2) is 9.03. The van der Waals surface area contributed by atoms with Crippen LogP contribution in [-0.4, -0.2) is 12.5 Å². The molecular formula is C21H19F3N2OS. The molecule has 3 aromatic rings. The molecule has 0 aliphatic rings. The Morgan fingerprint density at radius 3 is 2.39 bits per heavy atom. The molecule has 2 N–H and O–H groups in total. The van der Waals surface area contributed by atoms with Crippen LogP contribution in [0.4, 0.5) is 13.2 Å². The zero-order chi connectivity index (χ0) is 20.1. The fraction of sp³-hybridized carbons (Fsp3) is 0.190. The number of benzene rings is 2. The van der Waals surface area contributed by atoms with E-state index in [1.54, 1.807) is 19.1 Å². The van der Waals surface area contributed by atoms with Crippen molar-refractivity contribution in [3.8, 4) is 0 Å². The predicted octanol–water partition coefficient (Wildman–Crippen LogP) is 4.72. The molecule has 0 unspecified atom stereocenters. The lowest BCUT2D eigenvalue weighted by Gasteiger charge is -2.20. The molecule has 1 aromatic heterocycles. The van der Waals surface area contributed by atoms with Gasteiger partial charge in [0.1, 0.15) is 17.5 Å². The minimum Gasteiger partial charge on any atom is -0.343 e. The summed E-state index contributed by atoms with van der Waals surface area (Å²) in [7, 11) is 0. The van der Waals surface area contributed by atoms with Crippen molar-refractivity contribution in [2.24, 2.45) is 0 Å². The third kappa shape index (κ3) is 4.99. The van der Waals surface area contributed by atoms with Gasteiger partial charge in [-0.15, -0.1) is 11.3 Å². The van der Waals surface area contributed by atoms with E-state index in [1.807, 2.05) is 17.5 Å². The molecule has 0 bridgehead atoms. The third-order valence-corrected chi connectivity index (χ3v) is 5.27. The normalized spacial score (nSPS) is 13.1. The Balaban J connectivity index is 1.66. The highest BCUT2D eigenvalue weighted by Gasteiger charge is 2.19. The van der Waals surface area contributed by atoms with Crippen molar-refractivity contribution in [1.29, 1.82) is 0 Å². The lowest BCUT2D eigenvalue weighted by atomic mass is 10.1. The van der Waals surface area contributed by atoms with E-state index in [1.165, 1.54) is 35.6 Å². The minimum atomic E-state index is -0.664. The van der Waals surface area contributed by atoms with Gasteiger partial charge in [-0.1, -0.05) is 24.3 Å². The minimum absolute atomic E-state index is 0.0545. The summed E-state index contributed by atoms with van der Waals surface area (Å²) in [6.07, 6.45) is 0. The number of thiophene rings is 1. The van der Waals surface area contributed by atoms with Gasteiger partial charge in [0.2, 0.25) is 5.91 Å². The molecule has 7 heteroatoms. The number of carbonyl (C=O) groups excluding carboxylic acids is 1. The van der Waals surface area contributed by atoms with Crippen LogP contribution in [0, 0.1) is 17.5 Å². The van der Waals surface area contributed by atoms with Gasteiger partial charge >= 0.3 is 0 Å². The smallest absolute Gasteiger partial charge is 0.234 e. The molecule has 0 radical (unpaired) electrons. The second-order valence-electron chi connectivity index (χ2n) is 6.34. The third-order valence-electron chi connectivity index (χ3n) is 4.33. The van der Waals surface area contributed by atoms with Crippen LogP contribution in [0.2, 0.25) is 0 Å². The molecule has 0 spiro atoms. The number of amides is 1. The molecule has 1 heterocycles. The molecule has 2 atom stereocenters. The summed E-state index contributed by atoms with van der Waals surface area (Å²) >= 11 is 1.48. The van der Waals surface area contributed by atoms with E-state index in [0.717, 1.165) is 16.5 Å². The molecule has 0 fully saturated rings. The van der Waals surface area contributed by atoms with Gasteiger partial charge in [0.15, 0.2) is 0 Å². The average Bonchev–Trinajstić information content (AvgIpc) is 3.19. The molecule has 3 rings (SSSR count). The standard InChI is InChI=1S/C21H19F3N2OS/c1-13(17-9-8-16(23)11-18(17)24)25-12-20(27)26-21(19-3-2-10-28-19)14-4-6-15(22)7-5-14/h2-11,13,21,25H,12H2,1H3,(H,26,27)/t13-,21-/m1/s1. The van der Waals surface area contributed by atoms with E-state index < -0.39 is 23.7 Å². The number of rotatable bonds is 7. The molecule has 0 aliphatic heterocycles. The van der Waals surface area contributed by atoms with E-state index in [0.29, 0.717) is 0 Å². The van der Waals surface area contributed by atoms with Gasteiger partial charge in [-0.2, -0.15) is 0 Å². The first-order valence-corrected chi connectivity index (χ1v) is 9.58. The number of halogens is 3. The zero-order valence-electron chi connectivity index (χ0n) is 15.1. The quantitative estimate of drug-likeness (QED) is 0.598. The van der Waals surface area contributed by atoms with E-state index in [-0.39, 0.29) is 23.8 Å². The largest absolute Gasteiger partial charge is 0.343 e. The number of hydrogen-bond donors (Lipinski definition) is 2. The van der Waals surface area contributed by atoms with Crippen molar-refractivity contribution in [2.45, 2.75) is 19.0 Å². The lowest BCUT2D eigenvalue weighted by Crippen LogP contribution is -2.37. The number of hydrogen-bond acceptors (Lipinski definition) is 3. The Labute approximate surface area is 165 Å². The van der Waals surface area contributed by atoms with Crippen LogP contribution in [0.1, 0.15) is 35.0 Å². The van der Waals surface area contributed by atoms with Gasteiger partial charge in [-0.25, -0.2) is 13.2 Å². The molecule has 3 nitrogen and oxygen atoms in total. The highest BCUT2D eigenvalue weighted by Crippen LogP contribution is 2.26. The zero-order valence-corrected chi connectivity index (χ0v) is 15.9. The SMILES string of the molecule is C[C@@H](NCC(=O)N[C@H](c1ccc(F)cc1)c1cccs1)c1ccc(F)cc1F. The maximum Gasteiger partial charge on any atom is 0.234 e. The van der Waals surface area contributed by atoms with Crippen LogP contribution in [0.15, 0.2) is 60.0 Å². The summed E-state index contributed by atoms with van der Waals surface area (Å²) in [5.74, 6) is -1.96. The van der Waals surface area contributed by atoms with E-state index in [2.05, 4.69) is 10.6 Å². The van der Waals surface area contributed by atoms with Crippen molar-refractivity contribution in [3.05, 3.63) is 93.4 Å². The van der Waals surface area contributed by atoms with Crippen molar-refractivity contribution in [2.75, 3.05) is 6.54 Å². The summed E-state index contributed by atoms with van der Waals surface area (Å²) in [6, 6.07) is 12.2. The molecular weight excluding hydrogens is 385 g/mol. The molecule has 0 saturated carbocycles. The predicted molar refractivity (Wildman–Crippen MR) is 103 cm³/mol. The van der Waals surface area contributed by atoms with Crippen molar-refractivity contribution in [3.63, 3.8) is 0 Å². The second-order valence-corrected chi connectivity index (χ2v) is 7.32. The monoisotopic (exact) mass is 404 g/mol. The number of carbonyl (C=O) groups is 1. The van der Waals surface area contributed by atoms with Gasteiger partial charge < -0.3 is 10.6 Å². The summed E-state index contributed by atoms with van der Waals surface area (Å²) < 4.78 is 40.1. The van der Waals surface area contributed by atoms with Crippen molar-refractivity contribution >= 4 is 17.2 Å². The Kier molecular flexibility index (Phi) is 6.49. The van der Waals surface area contributed by atoms with Gasteiger partial charge in [0, 0.05) is 22.5 Å². The van der Waals surface area contributed by atoms with Gasteiger partial charge in [-0.05, 0) is 42.1 Å².